The number of benzene rings is 1. The van der Waals surface area contributed by atoms with Crippen LogP contribution >= 0.6 is 0 Å². The Balaban J connectivity index is 1.16. The van der Waals surface area contributed by atoms with Crippen LogP contribution in [0.4, 0.5) is 0 Å². The molecule has 8 heteroatoms. The lowest BCUT2D eigenvalue weighted by atomic mass is 9.34. The molecule has 0 radical (unpaired) electrons. The number of ether oxygens (including phenoxy) is 1. The molecule has 1 unspecified atom stereocenters. The number of carbonyl (C=O) groups is 5. The first-order valence-electron chi connectivity index (χ1n) is 17.3. The molecule has 10 atom stereocenters. The molecule has 1 aromatic rings. The first-order valence-corrected chi connectivity index (χ1v) is 17.3. The zero-order valence-corrected chi connectivity index (χ0v) is 28.0. The molecule has 0 saturated heterocycles. The van der Waals surface area contributed by atoms with Crippen LogP contribution in [0.15, 0.2) is 35.9 Å². The summed E-state index contributed by atoms with van der Waals surface area (Å²) in [7, 11) is 0. The Morgan fingerprint density at radius 2 is 1.54 bits per heavy atom. The highest BCUT2D eigenvalue weighted by Crippen LogP contribution is 2.73. The van der Waals surface area contributed by atoms with E-state index in [2.05, 4.69) is 34.6 Å². The van der Waals surface area contributed by atoms with Crippen LogP contribution in [0.3, 0.4) is 0 Å². The molecular weight excluding hydrogens is 582 g/mol. The van der Waals surface area contributed by atoms with Gasteiger partial charge in [0.1, 0.15) is 6.10 Å². The van der Waals surface area contributed by atoms with Crippen molar-refractivity contribution in [3.63, 3.8) is 0 Å². The maximum absolute atomic E-state index is 14.5. The first kappa shape index (κ1) is 31.3. The van der Waals surface area contributed by atoms with Gasteiger partial charge >= 0.3 is 11.9 Å². The zero-order chi connectivity index (χ0) is 33.0. The van der Waals surface area contributed by atoms with Crippen LogP contribution in [0.1, 0.15) is 120 Å². The summed E-state index contributed by atoms with van der Waals surface area (Å²) in [6.07, 6.45) is 9.43. The predicted octanol–water partition coefficient (Wildman–Crippen LogP) is 6.87. The third kappa shape index (κ3) is 4.19. The van der Waals surface area contributed by atoms with E-state index in [0.29, 0.717) is 23.8 Å². The number of imide groups is 1. The minimum Gasteiger partial charge on any atom is -0.462 e. The van der Waals surface area contributed by atoms with Crippen LogP contribution in [-0.4, -0.2) is 40.7 Å². The van der Waals surface area contributed by atoms with E-state index in [-0.39, 0.29) is 68.4 Å². The zero-order valence-electron chi connectivity index (χ0n) is 28.0. The quantitative estimate of drug-likeness (QED) is 0.265. The number of carbonyl (C=O) groups excluding carboxylic acids is 5. The smallest absolute Gasteiger partial charge is 0.336 e. The molecule has 1 heterocycles. The van der Waals surface area contributed by atoms with Crippen molar-refractivity contribution in [3.8, 4) is 0 Å². The summed E-state index contributed by atoms with van der Waals surface area (Å²) in [6, 6.07) is 6.50. The van der Waals surface area contributed by atoms with Gasteiger partial charge in [-0.1, -0.05) is 57.4 Å². The van der Waals surface area contributed by atoms with E-state index < -0.39 is 23.7 Å². The van der Waals surface area contributed by atoms with Crippen LogP contribution in [-0.2, 0) is 24.0 Å². The second-order valence-corrected chi connectivity index (χ2v) is 16.4. The molecule has 0 bridgehead atoms. The molecule has 6 aliphatic rings. The van der Waals surface area contributed by atoms with E-state index in [1.165, 1.54) is 12.5 Å². The molecule has 46 heavy (non-hydrogen) atoms. The molecule has 246 valence electrons. The first-order chi connectivity index (χ1) is 21.6. The molecule has 4 fully saturated rings. The average Bonchev–Trinajstić information content (AvgIpc) is 3.24. The van der Waals surface area contributed by atoms with Gasteiger partial charge in [-0.15, -0.1) is 0 Å². The highest BCUT2D eigenvalue weighted by atomic mass is 16.7. The number of nitrogens with zero attached hydrogens (tertiary/aromatic N) is 1. The highest BCUT2D eigenvalue weighted by molar-refractivity contribution is 6.20. The number of hydrogen-bond acceptors (Lipinski definition) is 7. The molecule has 2 amide bonds. The van der Waals surface area contributed by atoms with E-state index in [1.54, 1.807) is 24.3 Å². The van der Waals surface area contributed by atoms with Crippen molar-refractivity contribution in [2.24, 2.45) is 51.2 Å². The fraction of sp³-hybridized carbons (Fsp3) is 0.658. The molecule has 1 aromatic carbocycles. The van der Waals surface area contributed by atoms with E-state index in [9.17, 15) is 24.0 Å². The summed E-state index contributed by atoms with van der Waals surface area (Å²) in [6.45, 7) is 13.0. The van der Waals surface area contributed by atoms with Crippen molar-refractivity contribution in [2.75, 3.05) is 0 Å². The number of amides is 2. The Labute approximate surface area is 271 Å². The van der Waals surface area contributed by atoms with Gasteiger partial charge in [-0.3, -0.25) is 19.2 Å². The van der Waals surface area contributed by atoms with Crippen molar-refractivity contribution in [3.05, 3.63) is 47.0 Å². The Morgan fingerprint density at radius 1 is 0.870 bits per heavy atom. The molecule has 0 spiro atoms. The second kappa shape index (κ2) is 10.4. The summed E-state index contributed by atoms with van der Waals surface area (Å²) in [5, 5.41) is 0.622. The summed E-state index contributed by atoms with van der Waals surface area (Å²) in [4.78, 5) is 71.4. The molecule has 4 saturated carbocycles. The van der Waals surface area contributed by atoms with Gasteiger partial charge in [0.15, 0.2) is 5.78 Å². The van der Waals surface area contributed by atoms with E-state index in [4.69, 9.17) is 9.57 Å². The Kier molecular flexibility index (Phi) is 7.05. The number of esters is 1. The number of hydrogen-bond donors (Lipinski definition) is 0. The Hall–Kier alpha value is -3.29. The fourth-order valence-corrected chi connectivity index (χ4v) is 11.6. The van der Waals surface area contributed by atoms with E-state index in [1.807, 2.05) is 6.08 Å². The standard InChI is InChI=1S/C38H47NO7/c1-21-26-12-16-38(6)31(36(26,4)15-13-30(21)45-22(2)40)29(41)20-28-27-19-23(11-14-35(27,3)17-18-37(28,38)5)34(44)46-39-32(42)24-9-7-8-10-25(24)33(39)43/h7-10,20-21,23,26-27,30-31H,11-19H2,1-6H3/t21-,23+,26+,27+,30+,31?,35-,36+,37-,38-/m1/s1. The molecule has 5 aliphatic carbocycles. The van der Waals surface area contributed by atoms with Crippen molar-refractivity contribution < 1.29 is 33.5 Å². The molecule has 0 aromatic heterocycles. The van der Waals surface area contributed by atoms with Gasteiger partial charge < -0.3 is 9.57 Å². The van der Waals surface area contributed by atoms with Crippen LogP contribution in [0.5, 0.6) is 0 Å². The number of fused-ring (bicyclic) bond motifs is 8. The van der Waals surface area contributed by atoms with Crippen molar-refractivity contribution >= 4 is 29.5 Å². The van der Waals surface area contributed by atoms with Crippen LogP contribution in [0.25, 0.3) is 0 Å². The number of hydroxylamine groups is 2. The second-order valence-electron chi connectivity index (χ2n) is 16.4. The largest absolute Gasteiger partial charge is 0.462 e. The Morgan fingerprint density at radius 3 is 2.20 bits per heavy atom. The average molecular weight is 630 g/mol. The van der Waals surface area contributed by atoms with E-state index >= 15 is 0 Å². The Bertz CT molecular complexity index is 1540. The third-order valence-corrected chi connectivity index (χ3v) is 14.4. The summed E-state index contributed by atoms with van der Waals surface area (Å²) < 4.78 is 5.75. The lowest BCUT2D eigenvalue weighted by Crippen LogP contribution is -2.65. The molecular formula is C38H47NO7. The van der Waals surface area contributed by atoms with Gasteiger partial charge in [0.2, 0.25) is 0 Å². The molecule has 0 N–H and O–H groups in total. The van der Waals surface area contributed by atoms with Gasteiger partial charge in [0.05, 0.1) is 17.0 Å². The number of rotatable bonds is 3. The van der Waals surface area contributed by atoms with Crippen LogP contribution in [0.2, 0.25) is 0 Å². The van der Waals surface area contributed by atoms with Gasteiger partial charge in [-0.25, -0.2) is 4.79 Å². The maximum atomic E-state index is 14.5. The topological polar surface area (TPSA) is 107 Å². The van der Waals surface area contributed by atoms with Gasteiger partial charge in [0.25, 0.3) is 11.8 Å². The highest BCUT2D eigenvalue weighted by Gasteiger charge is 2.69. The van der Waals surface area contributed by atoms with Gasteiger partial charge in [0, 0.05) is 12.8 Å². The van der Waals surface area contributed by atoms with Crippen LogP contribution in [0, 0.1) is 51.2 Å². The van der Waals surface area contributed by atoms with Gasteiger partial charge in [-0.05, 0) is 115 Å². The predicted molar refractivity (Wildman–Crippen MR) is 169 cm³/mol. The fourth-order valence-electron chi connectivity index (χ4n) is 11.6. The minimum atomic E-state index is -0.611. The lowest BCUT2D eigenvalue weighted by Gasteiger charge is -2.69. The summed E-state index contributed by atoms with van der Waals surface area (Å²) >= 11 is 0. The maximum Gasteiger partial charge on any atom is 0.336 e. The lowest BCUT2D eigenvalue weighted by molar-refractivity contribution is -0.192. The normalized spacial score (nSPS) is 43.0. The van der Waals surface area contributed by atoms with Gasteiger partial charge in [-0.2, -0.15) is 0 Å². The minimum absolute atomic E-state index is 0.0330. The molecule has 8 nitrogen and oxygen atoms in total. The molecule has 7 rings (SSSR count). The van der Waals surface area contributed by atoms with Crippen LogP contribution < -0.4 is 0 Å². The SMILES string of the molecule is CC(=O)O[C@H]1CC[C@]2(C)C3C(=O)C=C4[C@@H]5C[C@@H](C(=O)ON6C(=O)c7ccccc7C6=O)CC[C@]5(C)CC[C@@]4(C)[C@]3(C)CC[C@H]2[C@H]1C. The monoisotopic (exact) mass is 629 g/mol. The summed E-state index contributed by atoms with van der Waals surface area (Å²) in [5.41, 5.74) is 1.01. The van der Waals surface area contributed by atoms with Crippen molar-refractivity contribution in [2.45, 2.75) is 105 Å². The number of allylic oxidation sites excluding steroid dienone is 2. The van der Waals surface area contributed by atoms with Crippen molar-refractivity contribution in [1.29, 1.82) is 0 Å². The van der Waals surface area contributed by atoms with Crippen molar-refractivity contribution in [1.82, 2.24) is 5.06 Å². The molecule has 1 aliphatic heterocycles. The third-order valence-electron chi connectivity index (χ3n) is 14.4. The number of ketones is 1. The van der Waals surface area contributed by atoms with E-state index in [0.717, 1.165) is 44.9 Å². The summed E-state index contributed by atoms with van der Waals surface area (Å²) in [5.74, 6) is -1.87.